The number of aliphatic carboxylic acids is 1. The van der Waals surface area contributed by atoms with Crippen LogP contribution in [0.4, 0.5) is 10.1 Å². The molecule has 0 radical (unpaired) electrons. The van der Waals surface area contributed by atoms with Gasteiger partial charge in [0, 0.05) is 18.7 Å². The number of hydrogen-bond donors (Lipinski definition) is 1. The van der Waals surface area contributed by atoms with Crippen molar-refractivity contribution in [3.63, 3.8) is 0 Å². The van der Waals surface area contributed by atoms with Gasteiger partial charge in [-0.15, -0.1) is 0 Å². The van der Waals surface area contributed by atoms with Gasteiger partial charge in [-0.1, -0.05) is 0 Å². The Morgan fingerprint density at radius 2 is 2.24 bits per heavy atom. The molecule has 4 nitrogen and oxygen atoms in total. The van der Waals surface area contributed by atoms with Gasteiger partial charge >= 0.3 is 5.97 Å². The maximum absolute atomic E-state index is 13.3. The molecule has 1 fully saturated rings. The van der Waals surface area contributed by atoms with E-state index in [2.05, 4.69) is 15.9 Å². The number of carbonyl (C=O) groups is 2. The highest BCUT2D eigenvalue weighted by molar-refractivity contribution is 9.10. The Morgan fingerprint density at radius 3 is 2.76 bits per heavy atom. The minimum Gasteiger partial charge on any atom is -0.481 e. The number of anilines is 1. The minimum atomic E-state index is -1.00. The van der Waals surface area contributed by atoms with Crippen molar-refractivity contribution in [2.75, 3.05) is 11.4 Å². The van der Waals surface area contributed by atoms with Crippen molar-refractivity contribution in [2.45, 2.75) is 6.42 Å². The number of nitrogens with zero attached hydrogens (tertiary/aromatic N) is 1. The predicted molar refractivity (Wildman–Crippen MR) is 62.2 cm³/mol. The molecule has 0 aliphatic carbocycles. The van der Waals surface area contributed by atoms with Crippen molar-refractivity contribution in [3.05, 3.63) is 28.5 Å². The summed E-state index contributed by atoms with van der Waals surface area (Å²) in [5.41, 5.74) is 0.388. The first-order valence-electron chi connectivity index (χ1n) is 4.97. The maximum atomic E-state index is 13.3. The highest BCUT2D eigenvalue weighted by Gasteiger charge is 2.35. The van der Waals surface area contributed by atoms with E-state index in [-0.39, 0.29) is 18.9 Å². The first-order chi connectivity index (χ1) is 7.99. The maximum Gasteiger partial charge on any atom is 0.308 e. The van der Waals surface area contributed by atoms with Crippen LogP contribution in [0.1, 0.15) is 6.42 Å². The van der Waals surface area contributed by atoms with Crippen LogP contribution in [-0.4, -0.2) is 23.5 Å². The zero-order valence-electron chi connectivity index (χ0n) is 8.69. The fourth-order valence-corrected chi connectivity index (χ4v) is 2.02. The van der Waals surface area contributed by atoms with Gasteiger partial charge in [0.25, 0.3) is 0 Å². The van der Waals surface area contributed by atoms with Gasteiger partial charge < -0.3 is 10.0 Å². The van der Waals surface area contributed by atoms with Crippen LogP contribution in [0.15, 0.2) is 22.7 Å². The molecule has 1 aromatic carbocycles. The molecule has 6 heteroatoms. The van der Waals surface area contributed by atoms with Crippen LogP contribution in [0.3, 0.4) is 0 Å². The molecule has 90 valence electrons. The number of rotatable bonds is 2. The monoisotopic (exact) mass is 301 g/mol. The van der Waals surface area contributed by atoms with Crippen molar-refractivity contribution >= 4 is 33.5 Å². The summed E-state index contributed by atoms with van der Waals surface area (Å²) >= 11 is 3.02. The summed E-state index contributed by atoms with van der Waals surface area (Å²) in [5, 5.41) is 8.83. The molecule has 1 aromatic rings. The molecular weight excluding hydrogens is 293 g/mol. The molecule has 1 heterocycles. The predicted octanol–water partition coefficient (Wildman–Crippen LogP) is 2.03. The minimum absolute atomic E-state index is 0.0347. The molecule has 0 aromatic heterocycles. The van der Waals surface area contributed by atoms with E-state index in [9.17, 15) is 14.0 Å². The number of carbonyl (C=O) groups excluding carboxylic acids is 1. The third-order valence-corrected chi connectivity index (χ3v) is 3.33. The average Bonchev–Trinajstić information content (AvgIpc) is 2.65. The summed E-state index contributed by atoms with van der Waals surface area (Å²) < 4.78 is 13.6. The topological polar surface area (TPSA) is 57.6 Å². The van der Waals surface area contributed by atoms with E-state index in [1.807, 2.05) is 0 Å². The third-order valence-electron chi connectivity index (χ3n) is 2.69. The lowest BCUT2D eigenvalue weighted by molar-refractivity contribution is -0.141. The Bertz CT molecular complexity index is 492. The number of carboxylic acids is 1. The van der Waals surface area contributed by atoms with Gasteiger partial charge in [0.2, 0.25) is 5.91 Å². The molecular formula is C11H9BrFNO3. The van der Waals surface area contributed by atoms with Gasteiger partial charge in [-0.25, -0.2) is 4.39 Å². The van der Waals surface area contributed by atoms with Gasteiger partial charge in [0.05, 0.1) is 10.4 Å². The second kappa shape index (κ2) is 4.44. The molecule has 1 saturated heterocycles. The molecule has 2 rings (SSSR count). The van der Waals surface area contributed by atoms with Crippen LogP contribution in [0.25, 0.3) is 0 Å². The molecule has 1 aliphatic rings. The quantitative estimate of drug-likeness (QED) is 0.909. The third kappa shape index (κ3) is 2.31. The lowest BCUT2D eigenvalue weighted by Crippen LogP contribution is -2.25. The van der Waals surface area contributed by atoms with E-state index < -0.39 is 17.7 Å². The van der Waals surface area contributed by atoms with Crippen LogP contribution in [0.2, 0.25) is 0 Å². The second-order valence-corrected chi connectivity index (χ2v) is 4.70. The van der Waals surface area contributed by atoms with E-state index in [1.165, 1.54) is 17.0 Å². The molecule has 1 atom stereocenters. The van der Waals surface area contributed by atoms with Crippen molar-refractivity contribution in [3.8, 4) is 0 Å². The lowest BCUT2D eigenvalue weighted by Gasteiger charge is -2.16. The first-order valence-corrected chi connectivity index (χ1v) is 5.76. The molecule has 0 spiro atoms. The van der Waals surface area contributed by atoms with Gasteiger partial charge in [0.1, 0.15) is 5.82 Å². The summed E-state index contributed by atoms with van der Waals surface area (Å²) in [6.07, 6.45) is -0.0347. The Balaban J connectivity index is 2.26. The Labute approximate surface area is 105 Å². The van der Waals surface area contributed by atoms with Gasteiger partial charge in [-0.2, -0.15) is 0 Å². The van der Waals surface area contributed by atoms with E-state index in [4.69, 9.17) is 5.11 Å². The summed E-state index contributed by atoms with van der Waals surface area (Å²) in [5.74, 6) is -2.49. The smallest absolute Gasteiger partial charge is 0.308 e. The summed E-state index contributed by atoms with van der Waals surface area (Å²) in [7, 11) is 0. The van der Waals surface area contributed by atoms with Gasteiger partial charge in [-0.05, 0) is 34.1 Å². The zero-order chi connectivity index (χ0) is 12.6. The Kier molecular flexibility index (Phi) is 3.15. The summed E-state index contributed by atoms with van der Waals surface area (Å²) in [6.45, 7) is 0.0925. The highest BCUT2D eigenvalue weighted by Crippen LogP contribution is 2.28. The zero-order valence-corrected chi connectivity index (χ0v) is 10.3. The van der Waals surface area contributed by atoms with E-state index in [1.54, 1.807) is 6.07 Å². The molecule has 0 bridgehead atoms. The average molecular weight is 302 g/mol. The van der Waals surface area contributed by atoms with Crippen molar-refractivity contribution in [2.24, 2.45) is 5.92 Å². The van der Waals surface area contributed by atoms with Crippen LogP contribution in [0.5, 0.6) is 0 Å². The number of halogens is 2. The molecule has 1 N–H and O–H groups in total. The fraction of sp³-hybridized carbons (Fsp3) is 0.273. The highest BCUT2D eigenvalue weighted by atomic mass is 79.9. The number of benzene rings is 1. The van der Waals surface area contributed by atoms with Crippen molar-refractivity contribution in [1.82, 2.24) is 0 Å². The van der Waals surface area contributed by atoms with Crippen LogP contribution in [-0.2, 0) is 9.59 Å². The second-order valence-electron chi connectivity index (χ2n) is 3.84. The van der Waals surface area contributed by atoms with Crippen LogP contribution >= 0.6 is 15.9 Å². The SMILES string of the molecule is O=C(O)C1CC(=O)N(c2ccc(Br)c(F)c2)C1. The summed E-state index contributed by atoms with van der Waals surface area (Å²) in [4.78, 5) is 23.7. The largest absolute Gasteiger partial charge is 0.481 e. The molecule has 0 saturated carbocycles. The van der Waals surface area contributed by atoms with Crippen molar-refractivity contribution in [1.29, 1.82) is 0 Å². The number of hydrogen-bond acceptors (Lipinski definition) is 2. The molecule has 1 amide bonds. The van der Waals surface area contributed by atoms with E-state index in [0.29, 0.717) is 10.2 Å². The van der Waals surface area contributed by atoms with Crippen LogP contribution in [0, 0.1) is 11.7 Å². The summed E-state index contributed by atoms with van der Waals surface area (Å²) in [6, 6.07) is 4.29. The standard InChI is InChI=1S/C11H9BrFNO3/c12-8-2-1-7(4-9(8)13)14-5-6(11(16)17)3-10(14)15/h1-2,4,6H,3,5H2,(H,16,17). The molecule has 17 heavy (non-hydrogen) atoms. The number of amides is 1. The number of carboxylic acid groups (broad SMARTS) is 1. The molecule has 1 aliphatic heterocycles. The van der Waals surface area contributed by atoms with Gasteiger partial charge in [0.15, 0.2) is 0 Å². The fourth-order valence-electron chi connectivity index (χ4n) is 1.78. The van der Waals surface area contributed by atoms with E-state index in [0.717, 1.165) is 0 Å². The first kappa shape index (κ1) is 12.0. The van der Waals surface area contributed by atoms with E-state index >= 15 is 0 Å². The lowest BCUT2D eigenvalue weighted by atomic mass is 10.1. The van der Waals surface area contributed by atoms with Gasteiger partial charge in [-0.3, -0.25) is 9.59 Å². The normalized spacial score (nSPS) is 19.8. The van der Waals surface area contributed by atoms with Crippen LogP contribution < -0.4 is 4.90 Å². The van der Waals surface area contributed by atoms with Crippen molar-refractivity contribution < 1.29 is 19.1 Å². The Morgan fingerprint density at radius 1 is 1.53 bits per heavy atom. The Hall–Kier alpha value is -1.43. The molecule has 1 unspecified atom stereocenters.